The van der Waals surface area contributed by atoms with E-state index >= 15 is 0 Å². The van der Waals surface area contributed by atoms with Crippen molar-refractivity contribution in [3.05, 3.63) is 35.5 Å². The number of fused-ring (bicyclic) bond motifs is 1. The van der Waals surface area contributed by atoms with Crippen molar-refractivity contribution >= 4 is 34.5 Å². The number of carbonyl (C=O) groups excluding carboxylic acids is 4. The molecule has 1 saturated heterocycles. The van der Waals surface area contributed by atoms with Gasteiger partial charge >= 0.3 is 11.9 Å². The highest BCUT2D eigenvalue weighted by molar-refractivity contribution is 5.96. The number of ether oxygens (including phenoxy) is 2. The van der Waals surface area contributed by atoms with E-state index in [-0.39, 0.29) is 54.2 Å². The summed E-state index contributed by atoms with van der Waals surface area (Å²) in [5.74, 6) is -0.335. The third kappa shape index (κ3) is 9.52. The van der Waals surface area contributed by atoms with Gasteiger partial charge in [-0.05, 0) is 100 Å². The molecule has 0 unspecified atom stereocenters. The predicted octanol–water partition coefficient (Wildman–Crippen LogP) is 8.01. The van der Waals surface area contributed by atoms with Gasteiger partial charge in [0.2, 0.25) is 5.91 Å². The Morgan fingerprint density at radius 2 is 1.67 bits per heavy atom. The van der Waals surface area contributed by atoms with Crippen LogP contribution in [0.15, 0.2) is 24.3 Å². The van der Waals surface area contributed by atoms with Gasteiger partial charge in [0.25, 0.3) is 0 Å². The van der Waals surface area contributed by atoms with Crippen LogP contribution in [0.5, 0.6) is 0 Å². The predicted molar refractivity (Wildman–Crippen MR) is 188 cm³/mol. The van der Waals surface area contributed by atoms with Crippen LogP contribution in [0.3, 0.4) is 0 Å². The summed E-state index contributed by atoms with van der Waals surface area (Å²) in [4.78, 5) is 58.5. The number of carbonyl (C=O) groups is 4. The highest BCUT2D eigenvalue weighted by Crippen LogP contribution is 2.42. The average Bonchev–Trinajstić information content (AvgIpc) is 3.70. The van der Waals surface area contributed by atoms with Crippen molar-refractivity contribution in [3.8, 4) is 0 Å². The largest absolute Gasteiger partial charge is 0.461 e. The molecule has 3 fully saturated rings. The Balaban J connectivity index is 1.26. The van der Waals surface area contributed by atoms with Crippen LogP contribution in [0.4, 0.5) is 4.39 Å². The molecule has 49 heavy (non-hydrogen) atoms. The Morgan fingerprint density at radius 1 is 0.959 bits per heavy atom. The highest BCUT2D eigenvalue weighted by Gasteiger charge is 2.46. The quantitative estimate of drug-likeness (QED) is 0.228. The zero-order chi connectivity index (χ0) is 35.3. The molecule has 2 heterocycles. The van der Waals surface area contributed by atoms with Crippen LogP contribution in [-0.2, 0) is 30.3 Å². The minimum Gasteiger partial charge on any atom is -0.461 e. The average molecular weight is 681 g/mol. The molecule has 0 radical (unpaired) electrons. The lowest BCUT2D eigenvalue weighted by Crippen LogP contribution is -2.48. The van der Waals surface area contributed by atoms with Gasteiger partial charge in [-0.15, -0.1) is 0 Å². The molecule has 3 aliphatic rings. The third-order valence-corrected chi connectivity index (χ3v) is 11.0. The van der Waals surface area contributed by atoms with E-state index in [9.17, 15) is 23.6 Å². The Hall–Kier alpha value is -3.23. The molecular weight excluding hydrogens is 623 g/mol. The molecule has 270 valence electrons. The van der Waals surface area contributed by atoms with Crippen LogP contribution < -0.4 is 0 Å². The molecule has 0 spiro atoms. The summed E-state index contributed by atoms with van der Waals surface area (Å²) in [6, 6.07) is 7.12. The Kier molecular flexibility index (Phi) is 12.2. The molecule has 1 N–H and O–H groups in total. The number of likely N-dealkylation sites (tertiary alicyclic amines) is 1. The van der Waals surface area contributed by atoms with Gasteiger partial charge in [0.05, 0.1) is 25.7 Å². The van der Waals surface area contributed by atoms with Gasteiger partial charge in [0.15, 0.2) is 5.78 Å². The molecular formula is C40H57FN2O6. The normalized spacial score (nSPS) is 24.3. The molecule has 2 aliphatic carbocycles. The zero-order valence-electron chi connectivity index (χ0n) is 30.2. The number of amides is 1. The number of esters is 2. The van der Waals surface area contributed by atoms with Crippen molar-refractivity contribution in [1.82, 2.24) is 9.88 Å². The van der Waals surface area contributed by atoms with Crippen molar-refractivity contribution in [3.63, 3.8) is 0 Å². The van der Waals surface area contributed by atoms with Crippen molar-refractivity contribution in [1.29, 1.82) is 0 Å². The lowest BCUT2D eigenvalue weighted by molar-refractivity contribution is -0.157. The molecule has 5 rings (SSSR count). The fourth-order valence-corrected chi connectivity index (χ4v) is 8.58. The number of ketones is 1. The number of rotatable bonds is 12. The molecule has 2 saturated carbocycles. The molecule has 8 nitrogen and oxygen atoms in total. The number of halogens is 1. The van der Waals surface area contributed by atoms with E-state index in [2.05, 4.69) is 4.98 Å². The molecule has 1 aromatic heterocycles. The number of H-pyrrole nitrogens is 1. The number of Topliss-reactive ketones (excluding diaryl/α,β-unsaturated/α-hetero) is 1. The first-order chi connectivity index (χ1) is 23.3. The molecule has 1 amide bonds. The third-order valence-electron chi connectivity index (χ3n) is 11.0. The summed E-state index contributed by atoms with van der Waals surface area (Å²) in [5, 5.41) is 0.847. The fourth-order valence-electron chi connectivity index (χ4n) is 8.58. The topological polar surface area (TPSA) is 106 Å². The first kappa shape index (κ1) is 37.0. The SMILES string of the molecule is CC(C)COC(=O)c1cc2cc(CC(=O)[C@@H]3[C@H](C4CCCCC4)CCN3C(=O)C3CCC([C@@H](CF)CC(=O)OC(C)(C)C)CC3)ccc2[nH]1. The van der Waals surface area contributed by atoms with Gasteiger partial charge in [0, 0.05) is 35.7 Å². The van der Waals surface area contributed by atoms with E-state index in [4.69, 9.17) is 9.47 Å². The second-order valence-electron chi connectivity index (χ2n) is 16.4. The van der Waals surface area contributed by atoms with Crippen molar-refractivity contribution in [2.75, 3.05) is 19.8 Å². The number of aromatic amines is 1. The summed E-state index contributed by atoms with van der Waals surface area (Å²) in [6.07, 6.45) is 9.58. The van der Waals surface area contributed by atoms with Gasteiger partial charge in [0.1, 0.15) is 11.3 Å². The van der Waals surface area contributed by atoms with Gasteiger partial charge in [-0.2, -0.15) is 0 Å². The Labute approximate surface area is 291 Å². The Morgan fingerprint density at radius 3 is 2.33 bits per heavy atom. The van der Waals surface area contributed by atoms with Gasteiger partial charge in [-0.1, -0.05) is 52.0 Å². The van der Waals surface area contributed by atoms with Gasteiger partial charge in [-0.25, -0.2) is 4.79 Å². The van der Waals surface area contributed by atoms with Crippen LogP contribution in [0, 0.1) is 35.5 Å². The van der Waals surface area contributed by atoms with Crippen LogP contribution in [0.25, 0.3) is 10.9 Å². The first-order valence-corrected chi connectivity index (χ1v) is 18.7. The smallest absolute Gasteiger partial charge is 0.354 e. The molecule has 9 heteroatoms. The van der Waals surface area contributed by atoms with E-state index in [0.717, 1.165) is 35.7 Å². The van der Waals surface area contributed by atoms with Gasteiger partial charge in [-0.3, -0.25) is 18.8 Å². The van der Waals surface area contributed by atoms with Crippen LogP contribution in [0.1, 0.15) is 121 Å². The van der Waals surface area contributed by atoms with Crippen LogP contribution in [-0.4, -0.2) is 65.0 Å². The minimum atomic E-state index is -0.609. The zero-order valence-corrected chi connectivity index (χ0v) is 30.2. The number of nitrogens with zero attached hydrogens (tertiary/aromatic N) is 1. The maximum Gasteiger partial charge on any atom is 0.354 e. The summed E-state index contributed by atoms with van der Waals surface area (Å²) < 4.78 is 25.0. The van der Waals surface area contributed by atoms with Crippen LogP contribution in [0.2, 0.25) is 0 Å². The second-order valence-corrected chi connectivity index (χ2v) is 16.4. The number of nitrogens with one attached hydrogen (secondary N) is 1. The summed E-state index contributed by atoms with van der Waals surface area (Å²) in [6.45, 7) is 9.78. The van der Waals surface area contributed by atoms with E-state index in [1.165, 1.54) is 19.3 Å². The molecule has 1 aromatic carbocycles. The number of alkyl halides is 1. The first-order valence-electron chi connectivity index (χ1n) is 18.7. The lowest BCUT2D eigenvalue weighted by Gasteiger charge is -2.37. The maximum absolute atomic E-state index is 14.3. The second kappa shape index (κ2) is 16.2. The lowest BCUT2D eigenvalue weighted by atomic mass is 9.74. The number of aromatic nitrogens is 1. The van der Waals surface area contributed by atoms with E-state index in [1.807, 2.05) is 57.7 Å². The Bertz CT molecular complexity index is 1460. The van der Waals surface area contributed by atoms with E-state index in [0.29, 0.717) is 50.4 Å². The summed E-state index contributed by atoms with van der Waals surface area (Å²) in [5.41, 5.74) is 1.45. The summed E-state index contributed by atoms with van der Waals surface area (Å²) >= 11 is 0. The monoisotopic (exact) mass is 680 g/mol. The molecule has 0 bridgehead atoms. The van der Waals surface area contributed by atoms with Crippen molar-refractivity contribution in [2.24, 2.45) is 35.5 Å². The fraction of sp³-hybridized carbons (Fsp3) is 0.700. The van der Waals surface area contributed by atoms with Crippen molar-refractivity contribution < 1.29 is 33.0 Å². The number of benzene rings is 1. The molecule has 3 atom stereocenters. The van der Waals surface area contributed by atoms with Crippen molar-refractivity contribution in [2.45, 2.75) is 123 Å². The number of hydrogen-bond donors (Lipinski definition) is 1. The minimum absolute atomic E-state index is 0.0356. The van der Waals surface area contributed by atoms with E-state index < -0.39 is 30.2 Å². The summed E-state index contributed by atoms with van der Waals surface area (Å²) in [7, 11) is 0. The maximum atomic E-state index is 14.3. The molecule has 2 aromatic rings. The van der Waals surface area contributed by atoms with E-state index in [1.54, 1.807) is 6.07 Å². The van der Waals surface area contributed by atoms with Gasteiger partial charge < -0.3 is 19.4 Å². The van der Waals surface area contributed by atoms with Crippen LogP contribution >= 0.6 is 0 Å². The highest BCUT2D eigenvalue weighted by atomic mass is 19.1. The standard InChI is InChI=1S/C40H57FN2O6/c1-25(2)24-48-39(47)34-21-30-19-26(11-16-33(30)42-34)20-35(44)37-32(28-9-7-6-8-10-28)17-18-43(37)38(46)29-14-12-27(13-15-29)31(23-41)22-36(45)49-40(3,4)5/h11,16,19,21,25,27-29,31-32,37,42H,6-10,12-15,17-18,20,22-24H2,1-5H3/t27?,29?,31-,32+,37+/m1/s1. The molecule has 1 aliphatic heterocycles. The number of hydrogen-bond acceptors (Lipinski definition) is 6.